The molecule has 9 heteroatoms. The molecule has 0 aliphatic carbocycles. The summed E-state index contributed by atoms with van der Waals surface area (Å²) in [5, 5.41) is 8.48. The number of unbranched alkanes of at least 4 members (excludes halogenated alkanes) is 16. The summed E-state index contributed by atoms with van der Waals surface area (Å²) in [5.41, 5.74) is 0.152. The van der Waals surface area contributed by atoms with E-state index in [4.69, 9.17) is 25.2 Å². The first-order valence-electron chi connectivity index (χ1n) is 24.2. The van der Waals surface area contributed by atoms with Crippen LogP contribution in [-0.2, 0) is 19.1 Å². The van der Waals surface area contributed by atoms with Gasteiger partial charge in [0.05, 0.1) is 33.6 Å². The van der Waals surface area contributed by atoms with Gasteiger partial charge in [-0.15, -0.1) is 0 Å². The maximum absolute atomic E-state index is 13.8. The fraction of sp³-hybridized carbons (Fsp3) is 0.957. The highest BCUT2D eigenvalue weighted by Crippen LogP contribution is 2.43. The standard InChI is InChI=1S/C47H88B2N2O5/c1-5-9-13-17-21-26-41(27-22-18-14-10-6-2)44(53)55-38-43(39-56-45(54)42(28-23-19-15-11-7-3)29-24-20-16-12-8-4)50-34-31-46(32-35-50)33-36-51(40-46)47(48,49)30-25-37-52/h41-43,52H,5-40H2,1-4H3. The molecule has 322 valence electrons. The number of rotatable bonds is 35. The molecule has 2 aliphatic heterocycles. The van der Waals surface area contributed by atoms with Gasteiger partial charge in [-0.1, -0.05) is 161 Å². The Morgan fingerprint density at radius 1 is 0.589 bits per heavy atom. The van der Waals surface area contributed by atoms with Crippen LogP contribution in [0.15, 0.2) is 0 Å². The molecule has 0 saturated carbocycles. The molecule has 0 atom stereocenters. The number of ether oxygens (including phenoxy) is 2. The number of hydrogen-bond donors (Lipinski definition) is 1. The predicted molar refractivity (Wildman–Crippen MR) is 236 cm³/mol. The van der Waals surface area contributed by atoms with Gasteiger partial charge in [0.25, 0.3) is 0 Å². The van der Waals surface area contributed by atoms with Gasteiger partial charge in [-0.3, -0.25) is 14.5 Å². The molecule has 0 aromatic rings. The van der Waals surface area contributed by atoms with Crippen molar-refractivity contribution in [3.05, 3.63) is 0 Å². The average molecular weight is 783 g/mol. The van der Waals surface area contributed by atoms with E-state index < -0.39 is 5.34 Å². The molecule has 0 unspecified atom stereocenters. The van der Waals surface area contributed by atoms with Crippen molar-refractivity contribution in [1.29, 1.82) is 0 Å². The highest BCUT2D eigenvalue weighted by atomic mass is 16.5. The van der Waals surface area contributed by atoms with Gasteiger partial charge in [-0.25, -0.2) is 0 Å². The van der Waals surface area contributed by atoms with E-state index in [0.717, 1.165) is 96.8 Å². The molecule has 2 heterocycles. The van der Waals surface area contributed by atoms with E-state index >= 15 is 0 Å². The van der Waals surface area contributed by atoms with Crippen LogP contribution in [0.3, 0.4) is 0 Å². The third kappa shape index (κ3) is 20.8. The van der Waals surface area contributed by atoms with Crippen LogP contribution in [0, 0.1) is 17.3 Å². The lowest BCUT2D eigenvalue weighted by atomic mass is 9.58. The molecule has 56 heavy (non-hydrogen) atoms. The number of likely N-dealkylation sites (tertiary alicyclic amines) is 2. The Hall–Kier alpha value is -1.05. The van der Waals surface area contributed by atoms with Gasteiger partial charge >= 0.3 is 11.9 Å². The van der Waals surface area contributed by atoms with E-state index in [9.17, 15) is 14.7 Å². The number of aliphatic hydroxyl groups is 1. The molecule has 2 fully saturated rings. The van der Waals surface area contributed by atoms with Gasteiger partial charge in [0.15, 0.2) is 0 Å². The molecule has 2 saturated heterocycles. The zero-order valence-corrected chi connectivity index (χ0v) is 37.3. The topological polar surface area (TPSA) is 79.3 Å². The Balaban J connectivity index is 2.13. The number of carbonyl (C=O) groups excluding carboxylic acids is 2. The monoisotopic (exact) mass is 783 g/mol. The Morgan fingerprint density at radius 3 is 1.34 bits per heavy atom. The van der Waals surface area contributed by atoms with Gasteiger partial charge in [-0.05, 0) is 82.8 Å². The molecule has 2 rings (SSSR count). The Morgan fingerprint density at radius 2 is 0.964 bits per heavy atom. The summed E-state index contributed by atoms with van der Waals surface area (Å²) >= 11 is 0. The van der Waals surface area contributed by atoms with Crippen LogP contribution in [0.2, 0.25) is 0 Å². The van der Waals surface area contributed by atoms with E-state index in [1.54, 1.807) is 0 Å². The first-order valence-corrected chi connectivity index (χ1v) is 24.2. The Bertz CT molecular complexity index is 916. The molecule has 4 radical (unpaired) electrons. The van der Waals surface area contributed by atoms with E-state index in [1.165, 1.54) is 103 Å². The van der Waals surface area contributed by atoms with Gasteiger partial charge < -0.3 is 19.5 Å². The zero-order chi connectivity index (χ0) is 40.9. The number of nitrogens with zero attached hydrogens (tertiary/aromatic N) is 2. The number of piperidine rings is 1. The van der Waals surface area contributed by atoms with Crippen molar-refractivity contribution in [1.82, 2.24) is 9.80 Å². The van der Waals surface area contributed by atoms with Gasteiger partial charge in [-0.2, -0.15) is 0 Å². The van der Waals surface area contributed by atoms with Crippen LogP contribution in [0.25, 0.3) is 0 Å². The van der Waals surface area contributed by atoms with Crippen LogP contribution >= 0.6 is 0 Å². The molecule has 0 bridgehead atoms. The van der Waals surface area contributed by atoms with Crippen LogP contribution in [0.4, 0.5) is 0 Å². The lowest BCUT2D eigenvalue weighted by Crippen LogP contribution is -2.52. The van der Waals surface area contributed by atoms with E-state index in [-0.39, 0.29) is 55.1 Å². The smallest absolute Gasteiger partial charge is 0.308 e. The fourth-order valence-electron chi connectivity index (χ4n) is 9.17. The Kier molecular flexibility index (Phi) is 28.2. The fourth-order valence-corrected chi connectivity index (χ4v) is 9.17. The van der Waals surface area contributed by atoms with Crippen molar-refractivity contribution in [3.8, 4) is 0 Å². The molecule has 0 aromatic carbocycles. The predicted octanol–water partition coefficient (Wildman–Crippen LogP) is 10.7. The number of carbonyl (C=O) groups is 2. The lowest BCUT2D eigenvalue weighted by Gasteiger charge is -2.44. The van der Waals surface area contributed by atoms with Crippen LogP contribution in [0.5, 0.6) is 0 Å². The highest BCUT2D eigenvalue weighted by Gasteiger charge is 2.45. The summed E-state index contributed by atoms with van der Waals surface area (Å²) in [6.07, 6.45) is 31.7. The number of hydrogen-bond acceptors (Lipinski definition) is 7. The summed E-state index contributed by atoms with van der Waals surface area (Å²) in [6.45, 7) is 13.0. The quantitative estimate of drug-likeness (QED) is 0.0390. The minimum Gasteiger partial charge on any atom is -0.464 e. The normalized spacial score (nSPS) is 16.5. The van der Waals surface area contributed by atoms with Crippen molar-refractivity contribution >= 4 is 27.6 Å². The summed E-state index contributed by atoms with van der Waals surface area (Å²) in [5.74, 6) is -0.235. The van der Waals surface area contributed by atoms with Crippen LogP contribution in [-0.4, -0.2) is 99.9 Å². The molecule has 1 spiro atoms. The van der Waals surface area contributed by atoms with E-state index in [1.807, 2.05) is 0 Å². The first kappa shape index (κ1) is 51.1. The van der Waals surface area contributed by atoms with Crippen LogP contribution < -0.4 is 0 Å². The van der Waals surface area contributed by atoms with Crippen molar-refractivity contribution in [2.75, 3.05) is 46.0 Å². The van der Waals surface area contributed by atoms with Crippen molar-refractivity contribution in [3.63, 3.8) is 0 Å². The number of esters is 2. The molecular formula is C47H88B2N2O5. The van der Waals surface area contributed by atoms with E-state index in [0.29, 0.717) is 12.8 Å². The maximum Gasteiger partial charge on any atom is 0.308 e. The SMILES string of the molecule is [B]C([B])(CCCO)N1CCC2(CCN(C(COC(=O)C(CCCCCCC)CCCCCCC)COC(=O)C(CCCCCCC)CCCCCCC)CC2)C1. The first-order chi connectivity index (χ1) is 27.1. The molecule has 7 nitrogen and oxygen atoms in total. The van der Waals surface area contributed by atoms with Gasteiger partial charge in [0, 0.05) is 13.2 Å². The highest BCUT2D eigenvalue weighted by molar-refractivity contribution is 6.39. The van der Waals surface area contributed by atoms with E-state index in [2.05, 4.69) is 37.5 Å². The molecule has 0 aromatic heterocycles. The van der Waals surface area contributed by atoms with Gasteiger partial charge in [0.1, 0.15) is 13.2 Å². The summed E-state index contributed by atoms with van der Waals surface area (Å²) in [4.78, 5) is 32.3. The lowest BCUT2D eigenvalue weighted by molar-refractivity contribution is -0.156. The minimum atomic E-state index is -0.903. The third-order valence-corrected chi connectivity index (χ3v) is 13.3. The molecule has 1 N–H and O–H groups in total. The largest absolute Gasteiger partial charge is 0.464 e. The van der Waals surface area contributed by atoms with Crippen LogP contribution in [0.1, 0.15) is 214 Å². The second-order valence-electron chi connectivity index (χ2n) is 18.1. The maximum atomic E-state index is 13.8. The second kappa shape index (κ2) is 30.9. The van der Waals surface area contributed by atoms with Crippen molar-refractivity contribution < 1.29 is 24.2 Å². The summed E-state index contributed by atoms with van der Waals surface area (Å²) in [7, 11) is 13.1. The number of aliphatic hydroxyl groups excluding tert-OH is 1. The Labute approximate surface area is 349 Å². The molecular weight excluding hydrogens is 694 g/mol. The summed E-state index contributed by atoms with van der Waals surface area (Å²) in [6, 6.07) is -0.157. The third-order valence-electron chi connectivity index (χ3n) is 13.3. The summed E-state index contributed by atoms with van der Waals surface area (Å²) < 4.78 is 12.5. The van der Waals surface area contributed by atoms with Gasteiger partial charge in [0.2, 0.25) is 0 Å². The van der Waals surface area contributed by atoms with Crippen molar-refractivity contribution in [2.24, 2.45) is 17.3 Å². The van der Waals surface area contributed by atoms with Crippen molar-refractivity contribution in [2.45, 2.75) is 225 Å². The zero-order valence-electron chi connectivity index (χ0n) is 37.3. The average Bonchev–Trinajstić information content (AvgIpc) is 3.62. The molecule has 2 aliphatic rings. The second-order valence-corrected chi connectivity index (χ2v) is 18.1. The molecule has 0 amide bonds. The minimum absolute atomic E-state index is 0.0565.